The molecule has 0 aromatic heterocycles. The lowest BCUT2D eigenvalue weighted by atomic mass is 10.1. The minimum Gasteiger partial charge on any atom is -0.494 e. The molecular weight excluding hydrogens is 364 g/mol. The van der Waals surface area contributed by atoms with Crippen molar-refractivity contribution >= 4 is 21.5 Å². The van der Waals surface area contributed by atoms with Gasteiger partial charge in [0, 0.05) is 25.2 Å². The first kappa shape index (κ1) is 19.2. The van der Waals surface area contributed by atoms with Crippen LogP contribution in [0.25, 0.3) is 0 Å². The van der Waals surface area contributed by atoms with Crippen molar-refractivity contribution in [1.29, 1.82) is 0 Å². The van der Waals surface area contributed by atoms with Crippen LogP contribution in [0, 0.1) is 0 Å². The third-order valence-electron chi connectivity index (χ3n) is 4.08. The Hall–Kier alpha value is -2.58. The Kier molecular flexibility index (Phi) is 5.67. The van der Waals surface area contributed by atoms with Gasteiger partial charge in [-0.3, -0.25) is 9.71 Å². The smallest absolute Gasteiger partial charge is 0.263 e. The van der Waals surface area contributed by atoms with Crippen molar-refractivity contribution in [2.45, 2.75) is 17.9 Å². The van der Waals surface area contributed by atoms with Crippen molar-refractivity contribution in [1.82, 2.24) is 9.62 Å². The highest BCUT2D eigenvalue weighted by molar-refractivity contribution is 7.90. The van der Waals surface area contributed by atoms with Crippen LogP contribution in [-0.4, -0.2) is 46.4 Å². The van der Waals surface area contributed by atoms with E-state index in [1.165, 1.54) is 11.6 Å². The van der Waals surface area contributed by atoms with Crippen molar-refractivity contribution in [2.75, 3.05) is 33.0 Å². The molecule has 0 aliphatic carbocycles. The summed E-state index contributed by atoms with van der Waals surface area (Å²) in [5, 5.41) is 0. The molecule has 0 atom stereocenters. The maximum atomic E-state index is 12.1. The normalized spacial score (nSPS) is 16.3. The molecule has 0 bridgehead atoms. The second kappa shape index (κ2) is 7.98. The van der Waals surface area contributed by atoms with Gasteiger partial charge in [-0.2, -0.15) is 0 Å². The first-order chi connectivity index (χ1) is 12.9. The number of fused-ring (bicyclic) bond motifs is 1. The summed E-state index contributed by atoms with van der Waals surface area (Å²) in [4.78, 5) is 6.64. The number of benzene rings is 2. The van der Waals surface area contributed by atoms with E-state index in [0.717, 1.165) is 12.3 Å². The number of rotatable bonds is 7. The van der Waals surface area contributed by atoms with Gasteiger partial charge in [-0.15, -0.1) is 0 Å². The summed E-state index contributed by atoms with van der Waals surface area (Å²) in [6, 6.07) is 12.8. The van der Waals surface area contributed by atoms with Crippen LogP contribution in [0.1, 0.15) is 17.5 Å². The van der Waals surface area contributed by atoms with Crippen LogP contribution in [0.4, 0.5) is 5.69 Å². The van der Waals surface area contributed by atoms with Crippen LogP contribution >= 0.6 is 0 Å². The number of ether oxygens (including phenoxy) is 1. The number of nitrogens with zero attached hydrogens (tertiary/aromatic N) is 2. The van der Waals surface area contributed by atoms with Crippen LogP contribution in [0.5, 0.6) is 5.75 Å². The summed E-state index contributed by atoms with van der Waals surface area (Å²) < 4.78 is 32.4. The molecule has 3 N–H and O–H groups in total. The number of anilines is 1. The Bertz CT molecular complexity index is 938. The van der Waals surface area contributed by atoms with E-state index in [2.05, 4.69) is 14.6 Å². The number of amidine groups is 1. The average Bonchev–Trinajstić information content (AvgIpc) is 2.87. The van der Waals surface area contributed by atoms with Gasteiger partial charge in [-0.1, -0.05) is 18.2 Å². The predicted molar refractivity (Wildman–Crippen MR) is 107 cm³/mol. The fourth-order valence-corrected chi connectivity index (χ4v) is 4.14. The maximum absolute atomic E-state index is 12.1. The highest BCUT2D eigenvalue weighted by atomic mass is 32.2. The molecule has 7 nitrogen and oxygen atoms in total. The highest BCUT2D eigenvalue weighted by Crippen LogP contribution is 2.27. The second-order valence-corrected chi connectivity index (χ2v) is 8.29. The molecule has 0 unspecified atom stereocenters. The number of nitrogens with two attached hydrogens (primary N) is 1. The van der Waals surface area contributed by atoms with Crippen LogP contribution < -0.4 is 15.2 Å². The third-order valence-corrected chi connectivity index (χ3v) is 5.46. The summed E-state index contributed by atoms with van der Waals surface area (Å²) in [6.07, 6.45) is 0.659. The zero-order chi connectivity index (χ0) is 19.4. The van der Waals surface area contributed by atoms with Gasteiger partial charge in [0.2, 0.25) is 0 Å². The van der Waals surface area contributed by atoms with E-state index in [9.17, 15) is 8.42 Å². The molecule has 2 aromatic carbocycles. The van der Waals surface area contributed by atoms with Crippen LogP contribution in [0.2, 0.25) is 0 Å². The largest absolute Gasteiger partial charge is 0.494 e. The highest BCUT2D eigenvalue weighted by Gasteiger charge is 2.32. The molecule has 0 radical (unpaired) electrons. The molecule has 1 heterocycles. The zero-order valence-corrected chi connectivity index (χ0v) is 16.3. The SMILES string of the molecule is CN(C)Cc1ccc(OCCCN=C2NS(=O)(=O)c3cccc(N)c32)cc1. The molecule has 0 amide bonds. The lowest BCUT2D eigenvalue weighted by molar-refractivity contribution is 0.313. The number of aliphatic imine (C=N–C) groups is 1. The van der Waals surface area contributed by atoms with E-state index < -0.39 is 10.0 Å². The molecule has 3 rings (SSSR count). The van der Waals surface area contributed by atoms with Gasteiger partial charge < -0.3 is 15.4 Å². The molecule has 1 aliphatic rings. The second-order valence-electron chi connectivity index (χ2n) is 6.64. The van der Waals surface area contributed by atoms with Gasteiger partial charge in [-0.05, 0) is 43.9 Å². The fraction of sp³-hybridized carbons (Fsp3) is 0.316. The molecule has 2 aromatic rings. The van der Waals surface area contributed by atoms with Crippen molar-refractivity contribution in [3.05, 3.63) is 53.6 Å². The van der Waals surface area contributed by atoms with Crippen LogP contribution in [-0.2, 0) is 16.6 Å². The van der Waals surface area contributed by atoms with Crippen molar-refractivity contribution in [3.63, 3.8) is 0 Å². The summed E-state index contributed by atoms with van der Waals surface area (Å²) in [7, 11) is 0.489. The van der Waals surface area contributed by atoms with Crippen molar-refractivity contribution in [3.8, 4) is 5.75 Å². The monoisotopic (exact) mass is 388 g/mol. The van der Waals surface area contributed by atoms with Gasteiger partial charge >= 0.3 is 0 Å². The first-order valence-electron chi connectivity index (χ1n) is 8.69. The molecule has 0 fully saturated rings. The average molecular weight is 388 g/mol. The molecule has 0 saturated heterocycles. The van der Waals surface area contributed by atoms with E-state index in [-0.39, 0.29) is 4.90 Å². The van der Waals surface area contributed by atoms with E-state index >= 15 is 0 Å². The molecule has 144 valence electrons. The Morgan fingerprint density at radius 2 is 1.89 bits per heavy atom. The number of sulfonamides is 1. The van der Waals surface area contributed by atoms with Crippen LogP contribution in [0.15, 0.2) is 52.4 Å². The maximum Gasteiger partial charge on any atom is 0.263 e. The number of nitrogen functional groups attached to an aromatic ring is 1. The van der Waals surface area contributed by atoms with Gasteiger partial charge in [0.15, 0.2) is 0 Å². The Morgan fingerprint density at radius 1 is 1.15 bits per heavy atom. The van der Waals surface area contributed by atoms with Gasteiger partial charge in [-0.25, -0.2) is 8.42 Å². The molecule has 27 heavy (non-hydrogen) atoms. The van der Waals surface area contributed by atoms with Crippen molar-refractivity contribution in [2.24, 2.45) is 4.99 Å². The third kappa shape index (κ3) is 4.58. The Morgan fingerprint density at radius 3 is 2.59 bits per heavy atom. The predicted octanol–water partition coefficient (Wildman–Crippen LogP) is 1.84. The lowest BCUT2D eigenvalue weighted by Gasteiger charge is -2.10. The summed E-state index contributed by atoms with van der Waals surface area (Å²) in [5.74, 6) is 1.11. The van der Waals surface area contributed by atoms with E-state index in [0.29, 0.717) is 36.7 Å². The molecular formula is C19H24N4O3S. The van der Waals surface area contributed by atoms with E-state index in [4.69, 9.17) is 10.5 Å². The lowest BCUT2D eigenvalue weighted by Crippen LogP contribution is -2.22. The van der Waals surface area contributed by atoms with Gasteiger partial charge in [0.25, 0.3) is 10.0 Å². The Labute approximate surface area is 159 Å². The number of nitrogens with one attached hydrogen (secondary N) is 1. The molecule has 0 saturated carbocycles. The van der Waals surface area contributed by atoms with E-state index in [1.54, 1.807) is 12.1 Å². The topological polar surface area (TPSA) is 97.0 Å². The minimum atomic E-state index is -3.57. The van der Waals surface area contributed by atoms with Gasteiger partial charge in [0.05, 0.1) is 12.2 Å². The number of hydrogen-bond donors (Lipinski definition) is 2. The van der Waals surface area contributed by atoms with Crippen molar-refractivity contribution < 1.29 is 13.2 Å². The summed E-state index contributed by atoms with van der Waals surface area (Å²) in [6.45, 7) is 1.82. The quantitative estimate of drug-likeness (QED) is 0.557. The molecule has 0 spiro atoms. The minimum absolute atomic E-state index is 0.176. The Balaban J connectivity index is 1.54. The van der Waals surface area contributed by atoms with E-state index in [1.807, 2.05) is 38.4 Å². The molecule has 1 aliphatic heterocycles. The molecule has 8 heteroatoms. The zero-order valence-electron chi connectivity index (χ0n) is 15.5. The first-order valence-corrected chi connectivity index (χ1v) is 10.2. The number of hydrogen-bond acceptors (Lipinski definition) is 6. The summed E-state index contributed by atoms with van der Waals surface area (Å²) in [5.41, 5.74) is 8.00. The summed E-state index contributed by atoms with van der Waals surface area (Å²) >= 11 is 0. The standard InChI is InChI=1S/C19H24N4O3S/c1-23(2)13-14-7-9-15(10-8-14)26-12-4-11-21-19-18-16(20)5-3-6-17(18)27(24,25)22-19/h3,5-10H,4,11-13,20H2,1-2H3,(H,21,22). The van der Waals surface area contributed by atoms with Gasteiger partial charge in [0.1, 0.15) is 16.5 Å². The van der Waals surface area contributed by atoms with Crippen LogP contribution in [0.3, 0.4) is 0 Å². The fourth-order valence-electron chi connectivity index (χ4n) is 2.87.